The summed E-state index contributed by atoms with van der Waals surface area (Å²) >= 11 is 0. The van der Waals surface area contributed by atoms with E-state index in [-0.39, 0.29) is 12.5 Å². The minimum atomic E-state index is -0.504. The van der Waals surface area contributed by atoms with Crippen LogP contribution < -0.4 is 5.32 Å². The van der Waals surface area contributed by atoms with E-state index in [1.807, 2.05) is 24.3 Å². The molecule has 1 amide bonds. The third kappa shape index (κ3) is 3.53. The fourth-order valence-electron chi connectivity index (χ4n) is 1.70. The molecule has 0 saturated carbocycles. The Morgan fingerprint density at radius 3 is 2.61 bits per heavy atom. The second-order valence-corrected chi connectivity index (χ2v) is 4.13. The normalized spacial score (nSPS) is 19.5. The van der Waals surface area contributed by atoms with Gasteiger partial charge in [0, 0.05) is 6.54 Å². The first-order valence-corrected chi connectivity index (χ1v) is 5.95. The standard InChI is InChI=1S/C13H17NO4/c15-8-11-3-1-10(2-4-11)7-14-13(16)12-9-17-5-6-18-12/h1-4,12,15H,5-9H2,(H,14,16). The summed E-state index contributed by atoms with van der Waals surface area (Å²) < 4.78 is 10.5. The maximum absolute atomic E-state index is 11.7. The summed E-state index contributed by atoms with van der Waals surface area (Å²) in [6, 6.07) is 7.43. The zero-order chi connectivity index (χ0) is 12.8. The first-order valence-electron chi connectivity index (χ1n) is 5.95. The van der Waals surface area contributed by atoms with Crippen LogP contribution >= 0.6 is 0 Å². The van der Waals surface area contributed by atoms with Crippen LogP contribution in [-0.2, 0) is 27.4 Å². The molecule has 0 radical (unpaired) electrons. The van der Waals surface area contributed by atoms with Crippen molar-refractivity contribution in [2.45, 2.75) is 19.3 Å². The van der Waals surface area contributed by atoms with Crippen molar-refractivity contribution in [3.8, 4) is 0 Å². The molecule has 1 aliphatic rings. The highest BCUT2D eigenvalue weighted by Crippen LogP contribution is 2.05. The van der Waals surface area contributed by atoms with Crippen LogP contribution in [0.4, 0.5) is 0 Å². The summed E-state index contributed by atoms with van der Waals surface area (Å²) in [5.41, 5.74) is 1.84. The third-order valence-electron chi connectivity index (χ3n) is 2.78. The first kappa shape index (κ1) is 13.0. The lowest BCUT2D eigenvalue weighted by molar-refractivity contribution is -0.147. The quantitative estimate of drug-likeness (QED) is 0.802. The van der Waals surface area contributed by atoms with Gasteiger partial charge in [-0.3, -0.25) is 4.79 Å². The molecule has 1 aliphatic heterocycles. The van der Waals surface area contributed by atoms with Crippen LogP contribution in [0.5, 0.6) is 0 Å². The van der Waals surface area contributed by atoms with Crippen molar-refractivity contribution in [1.29, 1.82) is 0 Å². The molecule has 5 nitrogen and oxygen atoms in total. The maximum Gasteiger partial charge on any atom is 0.251 e. The van der Waals surface area contributed by atoms with Gasteiger partial charge in [0.25, 0.3) is 5.91 Å². The van der Waals surface area contributed by atoms with Crippen LogP contribution in [0.2, 0.25) is 0 Å². The molecule has 2 N–H and O–H groups in total. The van der Waals surface area contributed by atoms with Crippen LogP contribution in [0.3, 0.4) is 0 Å². The number of carbonyl (C=O) groups excluding carboxylic acids is 1. The molecule has 18 heavy (non-hydrogen) atoms. The summed E-state index contributed by atoms with van der Waals surface area (Å²) in [6.45, 7) is 1.80. The van der Waals surface area contributed by atoms with E-state index < -0.39 is 6.10 Å². The van der Waals surface area contributed by atoms with Gasteiger partial charge in [0.05, 0.1) is 26.4 Å². The average molecular weight is 251 g/mol. The second kappa shape index (κ2) is 6.49. The van der Waals surface area contributed by atoms with E-state index in [1.165, 1.54) is 0 Å². The van der Waals surface area contributed by atoms with Crippen LogP contribution in [0.15, 0.2) is 24.3 Å². The predicted octanol–water partition coefficient (Wildman–Crippen LogP) is 0.210. The fourth-order valence-corrected chi connectivity index (χ4v) is 1.70. The molecule has 1 aromatic carbocycles. The number of ether oxygens (including phenoxy) is 2. The van der Waals surface area contributed by atoms with Gasteiger partial charge in [0.1, 0.15) is 0 Å². The molecule has 98 valence electrons. The van der Waals surface area contributed by atoms with Gasteiger partial charge in [-0.15, -0.1) is 0 Å². The van der Waals surface area contributed by atoms with Crippen LogP contribution in [0.25, 0.3) is 0 Å². The zero-order valence-electron chi connectivity index (χ0n) is 10.1. The SMILES string of the molecule is O=C(NCc1ccc(CO)cc1)C1COCCO1. The van der Waals surface area contributed by atoms with E-state index in [9.17, 15) is 4.79 Å². The Morgan fingerprint density at radius 1 is 1.28 bits per heavy atom. The average Bonchev–Trinajstić information content (AvgIpc) is 2.46. The molecule has 1 heterocycles. The number of benzene rings is 1. The molecule has 1 atom stereocenters. The number of aliphatic hydroxyl groups excluding tert-OH is 1. The predicted molar refractivity (Wildman–Crippen MR) is 64.8 cm³/mol. The summed E-state index contributed by atoms with van der Waals surface area (Å²) in [4.78, 5) is 11.7. The summed E-state index contributed by atoms with van der Waals surface area (Å²) in [6.07, 6.45) is -0.504. The van der Waals surface area contributed by atoms with E-state index in [4.69, 9.17) is 14.6 Å². The third-order valence-corrected chi connectivity index (χ3v) is 2.78. The molecule has 5 heteroatoms. The molecule has 0 bridgehead atoms. The molecule has 1 aromatic rings. The molecule has 0 spiro atoms. The van der Waals surface area contributed by atoms with Crippen molar-refractivity contribution in [3.05, 3.63) is 35.4 Å². The highest BCUT2D eigenvalue weighted by Gasteiger charge is 2.21. The van der Waals surface area contributed by atoms with E-state index in [0.29, 0.717) is 26.4 Å². The number of nitrogens with one attached hydrogen (secondary N) is 1. The summed E-state index contributed by atoms with van der Waals surface area (Å²) in [5.74, 6) is -0.152. The second-order valence-electron chi connectivity index (χ2n) is 4.13. The molecule has 2 rings (SSSR count). The summed E-state index contributed by atoms with van der Waals surface area (Å²) in [7, 11) is 0. The topological polar surface area (TPSA) is 67.8 Å². The molecule has 0 aromatic heterocycles. The fraction of sp³-hybridized carbons (Fsp3) is 0.462. The van der Waals surface area contributed by atoms with Crippen molar-refractivity contribution in [2.24, 2.45) is 0 Å². The zero-order valence-corrected chi connectivity index (χ0v) is 10.1. The first-order chi connectivity index (χ1) is 8.79. The number of hydrogen-bond donors (Lipinski definition) is 2. The lowest BCUT2D eigenvalue weighted by Gasteiger charge is -2.22. The maximum atomic E-state index is 11.7. The Balaban J connectivity index is 1.80. The van der Waals surface area contributed by atoms with Crippen molar-refractivity contribution in [1.82, 2.24) is 5.32 Å². The Kier molecular flexibility index (Phi) is 4.69. The van der Waals surface area contributed by atoms with Crippen LogP contribution in [0.1, 0.15) is 11.1 Å². The minimum absolute atomic E-state index is 0.0277. The number of carbonyl (C=O) groups is 1. The largest absolute Gasteiger partial charge is 0.392 e. The van der Waals surface area contributed by atoms with Crippen LogP contribution in [-0.4, -0.2) is 36.9 Å². The highest BCUT2D eigenvalue weighted by atomic mass is 16.6. The number of hydrogen-bond acceptors (Lipinski definition) is 4. The Hall–Kier alpha value is -1.43. The number of amides is 1. The van der Waals surface area contributed by atoms with Gasteiger partial charge in [-0.05, 0) is 11.1 Å². The lowest BCUT2D eigenvalue weighted by Crippen LogP contribution is -2.42. The van der Waals surface area contributed by atoms with Gasteiger partial charge in [-0.1, -0.05) is 24.3 Å². The van der Waals surface area contributed by atoms with Crippen molar-refractivity contribution >= 4 is 5.91 Å². The monoisotopic (exact) mass is 251 g/mol. The summed E-state index contributed by atoms with van der Waals surface area (Å²) in [5, 5.41) is 11.7. The molecule has 1 saturated heterocycles. The highest BCUT2D eigenvalue weighted by molar-refractivity contribution is 5.80. The van der Waals surface area contributed by atoms with E-state index in [1.54, 1.807) is 0 Å². The van der Waals surface area contributed by atoms with Crippen molar-refractivity contribution in [3.63, 3.8) is 0 Å². The minimum Gasteiger partial charge on any atom is -0.392 e. The molecule has 0 aliphatic carbocycles. The molecular formula is C13H17NO4. The van der Waals surface area contributed by atoms with E-state index >= 15 is 0 Å². The van der Waals surface area contributed by atoms with Crippen molar-refractivity contribution in [2.75, 3.05) is 19.8 Å². The van der Waals surface area contributed by atoms with Gasteiger partial charge in [-0.25, -0.2) is 0 Å². The van der Waals surface area contributed by atoms with Gasteiger partial charge < -0.3 is 19.9 Å². The smallest absolute Gasteiger partial charge is 0.251 e. The van der Waals surface area contributed by atoms with Gasteiger partial charge in [0.2, 0.25) is 0 Å². The van der Waals surface area contributed by atoms with E-state index in [2.05, 4.69) is 5.32 Å². The van der Waals surface area contributed by atoms with E-state index in [0.717, 1.165) is 11.1 Å². The molecule has 1 fully saturated rings. The van der Waals surface area contributed by atoms with Crippen molar-refractivity contribution < 1.29 is 19.4 Å². The van der Waals surface area contributed by atoms with Gasteiger partial charge >= 0.3 is 0 Å². The Labute approximate surface area is 106 Å². The molecule has 1 unspecified atom stereocenters. The lowest BCUT2D eigenvalue weighted by atomic mass is 10.1. The molecular weight excluding hydrogens is 234 g/mol. The Bertz CT molecular complexity index is 384. The Morgan fingerprint density at radius 2 is 2.00 bits per heavy atom. The number of rotatable bonds is 4. The van der Waals surface area contributed by atoms with Gasteiger partial charge in [-0.2, -0.15) is 0 Å². The van der Waals surface area contributed by atoms with Gasteiger partial charge in [0.15, 0.2) is 6.10 Å². The number of aliphatic hydroxyl groups is 1. The van der Waals surface area contributed by atoms with Crippen LogP contribution in [0, 0.1) is 0 Å².